The minimum absolute atomic E-state index is 0.00480. The third kappa shape index (κ3) is 7.01. The molecule has 12 nitrogen and oxygen atoms in total. The van der Waals surface area contributed by atoms with Gasteiger partial charge >= 0.3 is 0 Å². The highest BCUT2D eigenvalue weighted by Gasteiger charge is 2.27. The lowest BCUT2D eigenvalue weighted by molar-refractivity contribution is -0.133. The Morgan fingerprint density at radius 1 is 1.02 bits per heavy atom. The van der Waals surface area contributed by atoms with Crippen molar-refractivity contribution in [2.45, 2.75) is 51.1 Å². The van der Waals surface area contributed by atoms with Gasteiger partial charge < -0.3 is 26.2 Å². The van der Waals surface area contributed by atoms with Gasteiger partial charge in [-0.05, 0) is 67.7 Å². The number of anilines is 4. The van der Waals surface area contributed by atoms with Crippen LogP contribution < -0.4 is 21.3 Å². The lowest BCUT2D eigenvalue weighted by atomic mass is 9.86. The summed E-state index contributed by atoms with van der Waals surface area (Å²) in [6.45, 7) is 7.77. The average molecular weight is 613 g/mol. The van der Waals surface area contributed by atoms with Gasteiger partial charge in [-0.25, -0.2) is 4.98 Å². The number of nitrogens with one attached hydrogen (secondary N) is 2. The van der Waals surface area contributed by atoms with Crippen molar-refractivity contribution in [1.29, 1.82) is 0 Å². The van der Waals surface area contributed by atoms with Gasteiger partial charge in [-0.1, -0.05) is 45.0 Å². The number of aromatic nitrogens is 4. The van der Waals surface area contributed by atoms with Gasteiger partial charge in [0, 0.05) is 44.5 Å². The lowest BCUT2D eigenvalue weighted by Crippen LogP contribution is -2.48. The summed E-state index contributed by atoms with van der Waals surface area (Å²) < 4.78 is 1.58. The Morgan fingerprint density at radius 3 is 2.33 bits per heavy atom. The summed E-state index contributed by atoms with van der Waals surface area (Å²) in [7, 11) is 7.29. The largest absolute Gasteiger partial charge is 0.382 e. The van der Waals surface area contributed by atoms with Crippen LogP contribution in [-0.2, 0) is 10.2 Å². The van der Waals surface area contributed by atoms with Gasteiger partial charge in [0.05, 0.1) is 6.20 Å². The standard InChI is InChI=1S/C33H44N10O2/c1-33(2,3)23-14-10-22(11-15-23)30(44)37-25-9-8-18-42(20-25)32-38-28(29-35-19-26(34)43(29)39-32)36-24-16-12-21(13-17-24)27(40(4)5)31(45)41(6)7/h10-17,19,25,27H,8-9,18,20,34H2,1-7H3,(H,37,44)(H,36,38,39). The zero-order valence-electron chi connectivity index (χ0n) is 27.2. The molecule has 1 aliphatic rings. The van der Waals surface area contributed by atoms with Crippen LogP contribution in [0.2, 0.25) is 0 Å². The number of fused-ring (bicyclic) bond motifs is 1. The van der Waals surface area contributed by atoms with Crippen LogP contribution in [0.1, 0.15) is 61.1 Å². The van der Waals surface area contributed by atoms with E-state index in [2.05, 4.69) is 41.3 Å². The van der Waals surface area contributed by atoms with E-state index in [0.717, 1.165) is 30.6 Å². The number of piperidine rings is 1. The third-order valence-electron chi connectivity index (χ3n) is 8.11. The van der Waals surface area contributed by atoms with Gasteiger partial charge in [0.25, 0.3) is 5.91 Å². The SMILES string of the molecule is CN(C)C(=O)C(c1ccc(Nc2nc(N3CCCC(NC(=O)c4ccc(C(C)(C)C)cc4)C3)nn3c(N)cnc23)cc1)N(C)C. The number of nitrogens with zero attached hydrogens (tertiary/aromatic N) is 7. The zero-order chi connectivity index (χ0) is 32.5. The Bertz CT molecular complexity index is 1660. The van der Waals surface area contributed by atoms with Gasteiger partial charge in [0.1, 0.15) is 11.9 Å². The van der Waals surface area contributed by atoms with Gasteiger partial charge in [-0.3, -0.25) is 14.5 Å². The van der Waals surface area contributed by atoms with E-state index in [4.69, 9.17) is 15.8 Å². The lowest BCUT2D eigenvalue weighted by Gasteiger charge is -2.33. The number of amides is 2. The molecule has 0 spiro atoms. The van der Waals surface area contributed by atoms with E-state index in [1.807, 2.05) is 67.5 Å². The molecule has 0 radical (unpaired) electrons. The van der Waals surface area contributed by atoms with Crippen molar-refractivity contribution in [2.75, 3.05) is 57.2 Å². The Morgan fingerprint density at radius 2 is 1.71 bits per heavy atom. The summed E-state index contributed by atoms with van der Waals surface area (Å²) in [5, 5.41) is 11.3. The molecule has 2 amide bonds. The van der Waals surface area contributed by atoms with Crippen LogP contribution in [0.3, 0.4) is 0 Å². The molecule has 238 valence electrons. The number of hydrogen-bond acceptors (Lipinski definition) is 9. The Balaban J connectivity index is 1.34. The van der Waals surface area contributed by atoms with Crippen LogP contribution in [-0.4, -0.2) is 88.5 Å². The summed E-state index contributed by atoms with van der Waals surface area (Å²) in [4.78, 5) is 40.8. The molecule has 0 bridgehead atoms. The monoisotopic (exact) mass is 612 g/mol. The fraction of sp³-hybridized carbons (Fsp3) is 0.424. The second-order valence-electron chi connectivity index (χ2n) is 13.1. The molecule has 1 saturated heterocycles. The van der Waals surface area contributed by atoms with E-state index in [1.165, 1.54) is 5.56 Å². The average Bonchev–Trinajstić information content (AvgIpc) is 3.38. The smallest absolute Gasteiger partial charge is 0.251 e. The minimum atomic E-state index is -0.395. The highest BCUT2D eigenvalue weighted by molar-refractivity contribution is 5.94. The van der Waals surface area contributed by atoms with Gasteiger partial charge in [-0.2, -0.15) is 9.50 Å². The van der Waals surface area contributed by atoms with E-state index in [-0.39, 0.29) is 23.3 Å². The number of likely N-dealkylation sites (N-methyl/N-ethyl adjacent to an activating group) is 2. The number of benzene rings is 2. The van der Waals surface area contributed by atoms with Crippen LogP contribution >= 0.6 is 0 Å². The molecular weight excluding hydrogens is 568 g/mol. The van der Waals surface area contributed by atoms with Crippen molar-refractivity contribution in [3.8, 4) is 0 Å². The number of carbonyl (C=O) groups is 2. The Kier molecular flexibility index (Phi) is 8.96. The number of nitrogen functional groups attached to an aromatic ring is 1. The minimum Gasteiger partial charge on any atom is -0.382 e. The van der Waals surface area contributed by atoms with Crippen LogP contribution in [0, 0.1) is 0 Å². The van der Waals surface area contributed by atoms with Crippen molar-refractivity contribution in [3.63, 3.8) is 0 Å². The third-order valence-corrected chi connectivity index (χ3v) is 8.11. The Hall–Kier alpha value is -4.71. The first-order valence-corrected chi connectivity index (χ1v) is 15.2. The van der Waals surface area contributed by atoms with Gasteiger partial charge in [-0.15, -0.1) is 5.10 Å². The number of imidazole rings is 1. The van der Waals surface area contributed by atoms with E-state index < -0.39 is 6.04 Å². The first-order valence-electron chi connectivity index (χ1n) is 15.2. The molecule has 3 heterocycles. The first-order chi connectivity index (χ1) is 21.3. The molecule has 0 aliphatic carbocycles. The Labute approximate surface area is 264 Å². The molecule has 5 rings (SSSR count). The maximum atomic E-state index is 13.1. The molecule has 0 saturated carbocycles. The fourth-order valence-electron chi connectivity index (χ4n) is 5.56. The van der Waals surface area contributed by atoms with Crippen molar-refractivity contribution >= 4 is 40.7 Å². The summed E-state index contributed by atoms with van der Waals surface area (Å²) >= 11 is 0. The van der Waals surface area contributed by atoms with E-state index in [1.54, 1.807) is 29.7 Å². The molecular formula is C33H44N10O2. The maximum absolute atomic E-state index is 13.1. The second kappa shape index (κ2) is 12.7. The molecule has 2 aromatic heterocycles. The zero-order valence-corrected chi connectivity index (χ0v) is 27.2. The number of carbonyl (C=O) groups excluding carboxylic acids is 2. The molecule has 2 unspecified atom stereocenters. The highest BCUT2D eigenvalue weighted by Crippen LogP contribution is 2.27. The van der Waals surface area contributed by atoms with Crippen molar-refractivity contribution < 1.29 is 9.59 Å². The molecule has 1 aliphatic heterocycles. The van der Waals surface area contributed by atoms with Crippen LogP contribution in [0.25, 0.3) is 5.65 Å². The normalized spacial score (nSPS) is 16.1. The quantitative estimate of drug-likeness (QED) is 0.271. The number of nitrogens with two attached hydrogens (primary N) is 1. The predicted molar refractivity (Wildman–Crippen MR) is 178 cm³/mol. The highest BCUT2D eigenvalue weighted by atomic mass is 16.2. The second-order valence-corrected chi connectivity index (χ2v) is 13.1. The van der Waals surface area contributed by atoms with Gasteiger partial charge in [0.2, 0.25) is 11.9 Å². The topological polar surface area (TPSA) is 137 Å². The molecule has 45 heavy (non-hydrogen) atoms. The van der Waals surface area contributed by atoms with Crippen LogP contribution in [0.5, 0.6) is 0 Å². The van der Waals surface area contributed by atoms with Crippen LogP contribution in [0.4, 0.5) is 23.3 Å². The predicted octanol–water partition coefficient (Wildman–Crippen LogP) is 3.84. The van der Waals surface area contributed by atoms with Crippen molar-refractivity contribution in [3.05, 3.63) is 71.4 Å². The summed E-state index contributed by atoms with van der Waals surface area (Å²) in [5.41, 5.74) is 10.2. The number of rotatable bonds is 8. The van der Waals surface area contributed by atoms with E-state index in [9.17, 15) is 9.59 Å². The molecule has 4 N–H and O–H groups in total. The summed E-state index contributed by atoms with van der Waals surface area (Å²) in [6.07, 6.45) is 3.29. The van der Waals surface area contributed by atoms with Gasteiger partial charge in [0.15, 0.2) is 11.5 Å². The molecule has 12 heteroatoms. The van der Waals surface area contributed by atoms with E-state index >= 15 is 0 Å². The van der Waals surface area contributed by atoms with Crippen molar-refractivity contribution in [2.24, 2.45) is 0 Å². The van der Waals surface area contributed by atoms with Crippen LogP contribution in [0.15, 0.2) is 54.7 Å². The summed E-state index contributed by atoms with van der Waals surface area (Å²) in [6, 6.07) is 15.1. The molecule has 4 aromatic rings. The summed E-state index contributed by atoms with van der Waals surface area (Å²) in [5.74, 6) is 1.30. The fourth-order valence-corrected chi connectivity index (χ4v) is 5.56. The molecule has 2 atom stereocenters. The number of hydrogen-bond donors (Lipinski definition) is 3. The molecule has 1 fully saturated rings. The molecule has 2 aromatic carbocycles. The van der Waals surface area contributed by atoms with E-state index in [0.29, 0.717) is 35.3 Å². The maximum Gasteiger partial charge on any atom is 0.251 e. The van der Waals surface area contributed by atoms with Crippen molar-refractivity contribution in [1.82, 2.24) is 34.7 Å². The first kappa shape index (κ1) is 31.7.